The Morgan fingerprint density at radius 3 is 2.62 bits per heavy atom. The van der Waals surface area contributed by atoms with Gasteiger partial charge in [-0.05, 0) is 36.3 Å². The van der Waals surface area contributed by atoms with Gasteiger partial charge < -0.3 is 5.11 Å². The third kappa shape index (κ3) is 1.24. The van der Waals surface area contributed by atoms with E-state index in [2.05, 4.69) is 0 Å². The molecule has 1 aliphatic carbocycles. The van der Waals surface area contributed by atoms with Gasteiger partial charge in [0.25, 0.3) is 0 Å². The van der Waals surface area contributed by atoms with Crippen LogP contribution >= 0.6 is 0 Å². The summed E-state index contributed by atoms with van der Waals surface area (Å²) in [5.74, 6) is -0.0126. The zero-order chi connectivity index (χ0) is 9.42. The molecule has 66 valence electrons. The highest BCUT2D eigenvalue weighted by atomic mass is 19.1. The summed E-state index contributed by atoms with van der Waals surface area (Å²) in [6, 6.07) is 6.20. The van der Waals surface area contributed by atoms with E-state index in [0.29, 0.717) is 0 Å². The second-order valence-corrected chi connectivity index (χ2v) is 3.10. The molecular weight excluding hydrogens is 167 g/mol. The number of hydrogen-bond acceptors (Lipinski definition) is 1. The van der Waals surface area contributed by atoms with Crippen LogP contribution in [-0.2, 0) is 0 Å². The third-order valence-electron chi connectivity index (χ3n) is 2.13. The molecule has 0 aliphatic heterocycles. The van der Waals surface area contributed by atoms with Gasteiger partial charge in [-0.3, -0.25) is 0 Å². The summed E-state index contributed by atoms with van der Waals surface area (Å²) in [5.41, 5.74) is 2.29. The monoisotopic (exact) mass is 176 g/mol. The van der Waals surface area contributed by atoms with Crippen molar-refractivity contribution in [1.29, 1.82) is 0 Å². The average Bonchev–Trinajstić information content (AvgIpc) is 2.13. The van der Waals surface area contributed by atoms with Crippen LogP contribution in [0.2, 0.25) is 0 Å². The van der Waals surface area contributed by atoms with Gasteiger partial charge in [0.2, 0.25) is 0 Å². The summed E-state index contributed by atoms with van der Waals surface area (Å²) >= 11 is 0. The van der Waals surface area contributed by atoms with Crippen LogP contribution in [0.4, 0.5) is 4.39 Å². The minimum Gasteiger partial charge on any atom is -0.507 e. The summed E-state index contributed by atoms with van der Waals surface area (Å²) in [7, 11) is 0. The second-order valence-electron chi connectivity index (χ2n) is 3.10. The molecule has 0 heterocycles. The molecule has 0 fully saturated rings. The Morgan fingerprint density at radius 1 is 1.31 bits per heavy atom. The smallest absolute Gasteiger partial charge is 0.126 e. The topological polar surface area (TPSA) is 20.2 Å². The lowest BCUT2D eigenvalue weighted by atomic mass is 9.92. The van der Waals surface area contributed by atoms with Crippen LogP contribution in [0.5, 0.6) is 0 Å². The lowest BCUT2D eigenvalue weighted by molar-refractivity contribution is 0.421. The fourth-order valence-corrected chi connectivity index (χ4v) is 1.36. The molecule has 0 bridgehead atoms. The lowest BCUT2D eigenvalue weighted by Crippen LogP contribution is -2.00. The van der Waals surface area contributed by atoms with Crippen LogP contribution < -0.4 is 0 Å². The van der Waals surface area contributed by atoms with Crippen molar-refractivity contribution in [2.45, 2.75) is 6.92 Å². The van der Waals surface area contributed by atoms with E-state index in [1.807, 2.05) is 13.0 Å². The summed E-state index contributed by atoms with van der Waals surface area (Å²) in [6.45, 7) is 1.82. The number of halogens is 1. The average molecular weight is 176 g/mol. The van der Waals surface area contributed by atoms with Gasteiger partial charge in [-0.25, -0.2) is 4.39 Å². The number of aliphatic hydroxyl groups is 1. The molecular formula is C11H9FO. The first-order chi connectivity index (χ1) is 6.18. The molecule has 0 saturated carbocycles. The standard InChI is InChI=1S/C11H9FO/c1-7-5-10(11(7)13)8-3-2-4-9(12)6-8/h2-6,13H,1H3. The van der Waals surface area contributed by atoms with Gasteiger partial charge in [0.15, 0.2) is 0 Å². The molecule has 0 spiro atoms. The molecule has 2 rings (SSSR count). The number of hydrogen-bond donors (Lipinski definition) is 1. The molecule has 0 radical (unpaired) electrons. The quantitative estimate of drug-likeness (QED) is 0.697. The van der Waals surface area contributed by atoms with E-state index in [1.54, 1.807) is 12.1 Å². The Balaban J connectivity index is 2.39. The Hall–Kier alpha value is -1.57. The molecule has 13 heavy (non-hydrogen) atoms. The summed E-state index contributed by atoms with van der Waals surface area (Å²) < 4.78 is 12.8. The summed E-state index contributed by atoms with van der Waals surface area (Å²) in [5, 5.41) is 9.41. The molecule has 0 atom stereocenters. The van der Waals surface area contributed by atoms with E-state index in [4.69, 9.17) is 0 Å². The van der Waals surface area contributed by atoms with E-state index in [0.717, 1.165) is 16.7 Å². The van der Waals surface area contributed by atoms with Crippen molar-refractivity contribution in [1.82, 2.24) is 0 Å². The summed E-state index contributed by atoms with van der Waals surface area (Å²) in [4.78, 5) is 0. The van der Waals surface area contributed by atoms with Crippen LogP contribution in [0.1, 0.15) is 12.5 Å². The molecule has 0 unspecified atom stereocenters. The number of aliphatic hydroxyl groups excluding tert-OH is 1. The maximum absolute atomic E-state index is 12.8. The molecule has 0 saturated heterocycles. The zero-order valence-corrected chi connectivity index (χ0v) is 7.21. The largest absolute Gasteiger partial charge is 0.507 e. The van der Waals surface area contributed by atoms with Gasteiger partial charge in [0, 0.05) is 5.57 Å². The van der Waals surface area contributed by atoms with Crippen LogP contribution in [0.15, 0.2) is 41.7 Å². The first-order valence-corrected chi connectivity index (χ1v) is 4.06. The van der Waals surface area contributed by atoms with Gasteiger partial charge >= 0.3 is 0 Å². The minimum atomic E-state index is -0.282. The molecule has 1 N–H and O–H groups in total. The maximum Gasteiger partial charge on any atom is 0.126 e. The van der Waals surface area contributed by atoms with Gasteiger partial charge in [-0.15, -0.1) is 0 Å². The SMILES string of the molecule is CC1=CC(c2cccc(F)c2)=C1O. The van der Waals surface area contributed by atoms with E-state index in [9.17, 15) is 9.50 Å². The van der Waals surface area contributed by atoms with E-state index < -0.39 is 0 Å². The van der Waals surface area contributed by atoms with Gasteiger partial charge in [-0.2, -0.15) is 0 Å². The third-order valence-corrected chi connectivity index (χ3v) is 2.13. The minimum absolute atomic E-state index is 0.269. The molecule has 0 aromatic heterocycles. The highest BCUT2D eigenvalue weighted by molar-refractivity contribution is 5.85. The fourth-order valence-electron chi connectivity index (χ4n) is 1.36. The van der Waals surface area contributed by atoms with Crippen molar-refractivity contribution in [3.8, 4) is 0 Å². The summed E-state index contributed by atoms with van der Waals surface area (Å²) in [6.07, 6.45) is 1.84. The molecule has 1 aromatic carbocycles. The van der Waals surface area contributed by atoms with Crippen molar-refractivity contribution >= 4 is 5.57 Å². The van der Waals surface area contributed by atoms with E-state index in [-0.39, 0.29) is 11.6 Å². The van der Waals surface area contributed by atoms with Crippen molar-refractivity contribution in [3.63, 3.8) is 0 Å². The van der Waals surface area contributed by atoms with Crippen molar-refractivity contribution in [2.24, 2.45) is 0 Å². The normalized spacial score (nSPS) is 15.4. The molecule has 1 aliphatic rings. The van der Waals surface area contributed by atoms with Crippen LogP contribution in [-0.4, -0.2) is 5.11 Å². The first kappa shape index (κ1) is 8.05. The highest BCUT2D eigenvalue weighted by Gasteiger charge is 2.16. The lowest BCUT2D eigenvalue weighted by Gasteiger charge is -2.16. The Kier molecular flexibility index (Phi) is 1.69. The molecule has 0 amide bonds. The second kappa shape index (κ2) is 2.73. The number of rotatable bonds is 1. The highest BCUT2D eigenvalue weighted by Crippen LogP contribution is 2.32. The van der Waals surface area contributed by atoms with Crippen LogP contribution in [0.3, 0.4) is 0 Å². The fraction of sp³-hybridized carbons (Fsp3) is 0.0909. The van der Waals surface area contributed by atoms with Crippen molar-refractivity contribution in [3.05, 3.63) is 53.1 Å². The van der Waals surface area contributed by atoms with Crippen LogP contribution in [0, 0.1) is 5.82 Å². The van der Waals surface area contributed by atoms with Crippen molar-refractivity contribution < 1.29 is 9.50 Å². The van der Waals surface area contributed by atoms with Gasteiger partial charge in [0.05, 0.1) is 0 Å². The van der Waals surface area contributed by atoms with Gasteiger partial charge in [0.1, 0.15) is 11.6 Å². The van der Waals surface area contributed by atoms with E-state index >= 15 is 0 Å². The van der Waals surface area contributed by atoms with Crippen LogP contribution in [0.25, 0.3) is 5.57 Å². The number of benzene rings is 1. The van der Waals surface area contributed by atoms with Gasteiger partial charge in [-0.1, -0.05) is 12.1 Å². The predicted molar refractivity (Wildman–Crippen MR) is 49.7 cm³/mol. The molecule has 2 heteroatoms. The van der Waals surface area contributed by atoms with E-state index in [1.165, 1.54) is 12.1 Å². The molecule has 1 aromatic rings. The molecule has 1 nitrogen and oxygen atoms in total. The Labute approximate surface area is 75.8 Å². The Bertz CT molecular complexity index is 416. The van der Waals surface area contributed by atoms with Crippen molar-refractivity contribution in [2.75, 3.05) is 0 Å². The Morgan fingerprint density at radius 2 is 2.08 bits per heavy atom. The maximum atomic E-state index is 12.8. The zero-order valence-electron chi connectivity index (χ0n) is 7.21. The number of allylic oxidation sites excluding steroid dienone is 3. The first-order valence-electron chi connectivity index (χ1n) is 4.06. The predicted octanol–water partition coefficient (Wildman–Crippen LogP) is 3.05.